The number of hydrogen-bond donors (Lipinski definition) is 2. The van der Waals surface area contributed by atoms with Crippen molar-refractivity contribution < 1.29 is 9.90 Å². The van der Waals surface area contributed by atoms with Crippen LogP contribution >= 0.6 is 0 Å². The fourth-order valence-electron chi connectivity index (χ4n) is 2.51. The summed E-state index contributed by atoms with van der Waals surface area (Å²) in [5.41, 5.74) is 0.288. The van der Waals surface area contributed by atoms with Gasteiger partial charge in [0.1, 0.15) is 11.3 Å². The largest absolute Gasteiger partial charge is 0.508 e. The lowest BCUT2D eigenvalue weighted by atomic mass is 9.75. The highest BCUT2D eigenvalue weighted by Gasteiger charge is 2.39. The Kier molecular flexibility index (Phi) is 2.97. The van der Waals surface area contributed by atoms with E-state index in [1.807, 2.05) is 13.1 Å². The minimum Gasteiger partial charge on any atom is -0.508 e. The number of ketones is 1. The molecule has 3 heteroatoms. The second kappa shape index (κ2) is 4.26. The topological polar surface area (TPSA) is 49.3 Å². The van der Waals surface area contributed by atoms with Gasteiger partial charge in [-0.15, -0.1) is 0 Å². The highest BCUT2D eigenvalue weighted by atomic mass is 16.3. The van der Waals surface area contributed by atoms with Crippen LogP contribution in [0.5, 0.6) is 5.75 Å². The lowest BCUT2D eigenvalue weighted by Gasteiger charge is -2.36. The average molecular weight is 219 g/mol. The highest BCUT2D eigenvalue weighted by Crippen LogP contribution is 2.35. The Hall–Kier alpha value is -1.35. The van der Waals surface area contributed by atoms with Crippen molar-refractivity contribution >= 4 is 5.78 Å². The Bertz CT molecular complexity index is 403. The number of phenols is 1. The molecule has 2 rings (SSSR count). The number of benzene rings is 1. The third-order valence-corrected chi connectivity index (χ3v) is 3.45. The van der Waals surface area contributed by atoms with Gasteiger partial charge in [-0.2, -0.15) is 0 Å². The van der Waals surface area contributed by atoms with Crippen molar-refractivity contribution in [1.29, 1.82) is 0 Å². The molecule has 1 saturated carbocycles. The molecule has 16 heavy (non-hydrogen) atoms. The lowest BCUT2D eigenvalue weighted by Crippen LogP contribution is -2.49. The molecule has 1 aliphatic carbocycles. The molecule has 1 aromatic carbocycles. The van der Waals surface area contributed by atoms with Crippen molar-refractivity contribution in [3.63, 3.8) is 0 Å². The molecule has 0 heterocycles. The molecule has 0 aromatic heterocycles. The van der Waals surface area contributed by atoms with Crippen LogP contribution in [0, 0.1) is 0 Å². The van der Waals surface area contributed by atoms with Crippen molar-refractivity contribution in [2.45, 2.75) is 31.2 Å². The van der Waals surface area contributed by atoms with E-state index in [-0.39, 0.29) is 11.5 Å². The van der Waals surface area contributed by atoms with Gasteiger partial charge in [-0.05, 0) is 37.6 Å². The summed E-state index contributed by atoms with van der Waals surface area (Å²) in [6.07, 6.45) is 3.45. The molecule has 86 valence electrons. The van der Waals surface area contributed by atoms with Crippen molar-refractivity contribution in [2.75, 3.05) is 7.05 Å². The van der Waals surface area contributed by atoms with E-state index in [0.29, 0.717) is 6.42 Å². The van der Waals surface area contributed by atoms with Gasteiger partial charge in [-0.1, -0.05) is 18.6 Å². The normalized spacial score (nSPS) is 25.7. The van der Waals surface area contributed by atoms with Crippen LogP contribution in [0.3, 0.4) is 0 Å². The van der Waals surface area contributed by atoms with E-state index < -0.39 is 5.54 Å². The van der Waals surface area contributed by atoms with Gasteiger partial charge in [0.25, 0.3) is 0 Å². The number of carbonyl (C=O) groups is 1. The smallest absolute Gasteiger partial charge is 0.157 e. The van der Waals surface area contributed by atoms with Crippen molar-refractivity contribution in [3.8, 4) is 5.75 Å². The first-order valence-electron chi connectivity index (χ1n) is 5.71. The summed E-state index contributed by atoms with van der Waals surface area (Å²) in [6, 6.07) is 6.99. The molecule has 1 aliphatic rings. The van der Waals surface area contributed by atoms with E-state index in [0.717, 1.165) is 24.8 Å². The molecule has 1 fully saturated rings. The molecule has 0 spiro atoms. The highest BCUT2D eigenvalue weighted by molar-refractivity contribution is 5.90. The predicted octanol–water partition coefficient (Wildman–Crippen LogP) is 1.95. The van der Waals surface area contributed by atoms with E-state index in [2.05, 4.69) is 5.32 Å². The standard InChI is InChI=1S/C13H17NO2/c1-14-13(8-3-2-7-12(13)16)10-5-4-6-11(15)9-10/h4-6,9,14-15H,2-3,7-8H2,1H3/t13-/m0/s1. The number of carbonyl (C=O) groups excluding carboxylic acids is 1. The number of Topliss-reactive ketones (excluding diaryl/α,β-unsaturated/α-hetero) is 1. The Morgan fingerprint density at radius 2 is 2.19 bits per heavy atom. The second-order valence-electron chi connectivity index (χ2n) is 4.34. The number of phenolic OH excluding ortho intramolecular Hbond substituents is 1. The predicted molar refractivity (Wildman–Crippen MR) is 62.3 cm³/mol. The van der Waals surface area contributed by atoms with Crippen LogP contribution in [0.4, 0.5) is 0 Å². The number of aromatic hydroxyl groups is 1. The van der Waals surface area contributed by atoms with Crippen molar-refractivity contribution in [3.05, 3.63) is 29.8 Å². The first kappa shape index (κ1) is 11.1. The van der Waals surface area contributed by atoms with Crippen LogP contribution in [0.15, 0.2) is 24.3 Å². The summed E-state index contributed by atoms with van der Waals surface area (Å²) in [5.74, 6) is 0.442. The van der Waals surface area contributed by atoms with E-state index in [1.54, 1.807) is 18.2 Å². The third-order valence-electron chi connectivity index (χ3n) is 3.45. The number of likely N-dealkylation sites (N-methyl/N-ethyl adjacent to an activating group) is 1. The number of nitrogens with one attached hydrogen (secondary N) is 1. The van der Waals surface area contributed by atoms with E-state index in [9.17, 15) is 9.90 Å². The molecular formula is C13H17NO2. The maximum atomic E-state index is 12.1. The van der Waals surface area contributed by atoms with Crippen LogP contribution < -0.4 is 5.32 Å². The minimum absolute atomic E-state index is 0.213. The van der Waals surface area contributed by atoms with Gasteiger partial charge >= 0.3 is 0 Å². The summed E-state index contributed by atoms with van der Waals surface area (Å²) < 4.78 is 0. The number of hydrogen-bond acceptors (Lipinski definition) is 3. The summed E-state index contributed by atoms with van der Waals surface area (Å²) >= 11 is 0. The maximum absolute atomic E-state index is 12.1. The first-order valence-corrected chi connectivity index (χ1v) is 5.71. The van der Waals surface area contributed by atoms with Crippen LogP contribution in [0.25, 0.3) is 0 Å². The fraction of sp³-hybridized carbons (Fsp3) is 0.462. The second-order valence-corrected chi connectivity index (χ2v) is 4.34. The van der Waals surface area contributed by atoms with Crippen LogP contribution in [0.2, 0.25) is 0 Å². The zero-order valence-electron chi connectivity index (χ0n) is 9.49. The summed E-state index contributed by atoms with van der Waals surface area (Å²) in [6.45, 7) is 0. The monoisotopic (exact) mass is 219 g/mol. The molecule has 1 aromatic rings. The van der Waals surface area contributed by atoms with E-state index >= 15 is 0 Å². The molecular weight excluding hydrogens is 202 g/mol. The molecule has 0 aliphatic heterocycles. The maximum Gasteiger partial charge on any atom is 0.157 e. The summed E-state index contributed by atoms with van der Waals surface area (Å²) in [5, 5.41) is 12.7. The van der Waals surface area contributed by atoms with Gasteiger partial charge < -0.3 is 10.4 Å². The zero-order valence-corrected chi connectivity index (χ0v) is 9.49. The van der Waals surface area contributed by atoms with Crippen LogP contribution in [0.1, 0.15) is 31.2 Å². The van der Waals surface area contributed by atoms with E-state index in [1.165, 1.54) is 0 Å². The molecule has 2 N–H and O–H groups in total. The van der Waals surface area contributed by atoms with Gasteiger partial charge in [-0.3, -0.25) is 4.79 Å². The van der Waals surface area contributed by atoms with Gasteiger partial charge in [0.15, 0.2) is 5.78 Å². The van der Waals surface area contributed by atoms with E-state index in [4.69, 9.17) is 0 Å². The van der Waals surface area contributed by atoms with Crippen LogP contribution in [-0.2, 0) is 10.3 Å². The Morgan fingerprint density at radius 1 is 1.38 bits per heavy atom. The Labute approximate surface area is 95.5 Å². The summed E-state index contributed by atoms with van der Waals surface area (Å²) in [4.78, 5) is 12.1. The molecule has 3 nitrogen and oxygen atoms in total. The lowest BCUT2D eigenvalue weighted by molar-refractivity contribution is -0.127. The van der Waals surface area contributed by atoms with Gasteiger partial charge in [0, 0.05) is 6.42 Å². The van der Waals surface area contributed by atoms with Gasteiger partial charge in [-0.25, -0.2) is 0 Å². The Morgan fingerprint density at radius 3 is 2.81 bits per heavy atom. The van der Waals surface area contributed by atoms with Crippen molar-refractivity contribution in [2.24, 2.45) is 0 Å². The molecule has 0 radical (unpaired) electrons. The summed E-state index contributed by atoms with van der Waals surface area (Å²) in [7, 11) is 1.81. The van der Waals surface area contributed by atoms with Gasteiger partial charge in [0.05, 0.1) is 0 Å². The number of rotatable bonds is 2. The van der Waals surface area contributed by atoms with Crippen molar-refractivity contribution in [1.82, 2.24) is 5.32 Å². The molecule has 1 atom stereocenters. The molecule has 0 amide bonds. The Balaban J connectivity index is 2.44. The zero-order chi connectivity index (χ0) is 11.6. The average Bonchev–Trinajstić information content (AvgIpc) is 2.30. The van der Waals surface area contributed by atoms with Gasteiger partial charge in [0.2, 0.25) is 0 Å². The molecule has 0 bridgehead atoms. The molecule has 0 unspecified atom stereocenters. The SMILES string of the molecule is CN[C@]1(c2cccc(O)c2)CCCCC1=O. The molecule has 0 saturated heterocycles. The fourth-order valence-corrected chi connectivity index (χ4v) is 2.51. The quantitative estimate of drug-likeness (QED) is 0.799. The third kappa shape index (κ3) is 1.71. The van der Waals surface area contributed by atoms with Crippen LogP contribution in [-0.4, -0.2) is 17.9 Å². The first-order chi connectivity index (χ1) is 7.69. The minimum atomic E-state index is -0.586.